The highest BCUT2D eigenvalue weighted by molar-refractivity contribution is 6.34. The van der Waals surface area contributed by atoms with Crippen LogP contribution in [0.1, 0.15) is 35.4 Å². The van der Waals surface area contributed by atoms with Crippen LogP contribution < -0.4 is 5.32 Å². The van der Waals surface area contributed by atoms with Gasteiger partial charge in [-0.1, -0.05) is 11.6 Å². The predicted octanol–water partition coefficient (Wildman–Crippen LogP) is 0.485. The first kappa shape index (κ1) is 16.8. The molecule has 1 unspecified atom stereocenters. The normalized spacial score (nSPS) is 21.8. The van der Waals surface area contributed by atoms with Gasteiger partial charge in [-0.25, -0.2) is 0 Å². The number of likely N-dealkylation sites (tertiary alicyclic amines) is 1. The molecule has 0 aromatic carbocycles. The fraction of sp³-hybridized carbons (Fsp3) is 0.643. The molecule has 1 aliphatic rings. The molecule has 1 fully saturated rings. The molecule has 8 heteroatoms. The minimum absolute atomic E-state index is 0.0255. The Morgan fingerprint density at radius 1 is 1.50 bits per heavy atom. The summed E-state index contributed by atoms with van der Waals surface area (Å²) in [5.41, 5.74) is -0.307. The summed E-state index contributed by atoms with van der Waals surface area (Å²) in [6.07, 6.45) is 1.09. The molecule has 1 saturated heterocycles. The minimum atomic E-state index is -1.20. The highest BCUT2D eigenvalue weighted by Crippen LogP contribution is 2.27. The van der Waals surface area contributed by atoms with Crippen molar-refractivity contribution in [3.05, 3.63) is 16.4 Å². The molecular weight excluding hydrogens is 308 g/mol. The maximum absolute atomic E-state index is 12.6. The van der Waals surface area contributed by atoms with E-state index in [1.807, 2.05) is 0 Å². The molecule has 0 spiro atoms. The number of rotatable bonds is 3. The van der Waals surface area contributed by atoms with Gasteiger partial charge in [0, 0.05) is 20.6 Å². The van der Waals surface area contributed by atoms with Crippen LogP contribution in [0.2, 0.25) is 5.02 Å². The largest absolute Gasteiger partial charge is 0.388 e. The Morgan fingerprint density at radius 2 is 2.18 bits per heavy atom. The van der Waals surface area contributed by atoms with E-state index in [4.69, 9.17) is 11.6 Å². The first-order chi connectivity index (χ1) is 10.3. The van der Waals surface area contributed by atoms with Gasteiger partial charge in [-0.05, 0) is 19.8 Å². The van der Waals surface area contributed by atoms with Gasteiger partial charge in [0.05, 0.1) is 29.3 Å². The number of aliphatic hydroxyl groups is 1. The molecule has 1 aromatic heterocycles. The smallest absolute Gasteiger partial charge is 0.276 e. The number of nitrogens with one attached hydrogen (secondary N) is 1. The molecule has 0 radical (unpaired) electrons. The van der Waals surface area contributed by atoms with Crippen molar-refractivity contribution in [1.29, 1.82) is 0 Å². The van der Waals surface area contributed by atoms with Gasteiger partial charge >= 0.3 is 0 Å². The molecule has 0 aliphatic carbocycles. The number of halogens is 1. The fourth-order valence-corrected chi connectivity index (χ4v) is 2.93. The van der Waals surface area contributed by atoms with Crippen LogP contribution in [-0.4, -0.2) is 57.3 Å². The van der Waals surface area contributed by atoms with Gasteiger partial charge in [0.2, 0.25) is 5.91 Å². The molecule has 2 amide bonds. The third-order valence-corrected chi connectivity index (χ3v) is 4.53. The molecule has 2 rings (SSSR count). The maximum atomic E-state index is 12.6. The lowest BCUT2D eigenvalue weighted by Gasteiger charge is -2.38. The van der Waals surface area contributed by atoms with Crippen molar-refractivity contribution in [2.75, 3.05) is 20.1 Å². The molecule has 22 heavy (non-hydrogen) atoms. The van der Waals surface area contributed by atoms with E-state index in [1.54, 1.807) is 18.7 Å². The van der Waals surface area contributed by atoms with Crippen LogP contribution in [0.15, 0.2) is 0 Å². The first-order valence-corrected chi connectivity index (χ1v) is 7.56. The van der Waals surface area contributed by atoms with Crippen LogP contribution in [-0.2, 0) is 11.8 Å². The minimum Gasteiger partial charge on any atom is -0.388 e. The quantitative estimate of drug-likeness (QED) is 0.845. The molecule has 1 atom stereocenters. The van der Waals surface area contributed by atoms with Crippen molar-refractivity contribution in [2.45, 2.75) is 31.8 Å². The van der Waals surface area contributed by atoms with Gasteiger partial charge in [-0.3, -0.25) is 14.3 Å². The van der Waals surface area contributed by atoms with Gasteiger partial charge in [0.15, 0.2) is 5.69 Å². The van der Waals surface area contributed by atoms with E-state index in [1.165, 1.54) is 11.9 Å². The molecule has 2 N–H and O–H groups in total. The number of aryl methyl sites for hydroxylation is 1. The summed E-state index contributed by atoms with van der Waals surface area (Å²) in [5.74, 6) is -0.563. The van der Waals surface area contributed by atoms with Gasteiger partial charge in [0.25, 0.3) is 5.91 Å². The van der Waals surface area contributed by atoms with Crippen LogP contribution in [0.4, 0.5) is 0 Å². The molecule has 1 aromatic rings. The summed E-state index contributed by atoms with van der Waals surface area (Å²) in [4.78, 5) is 25.6. The summed E-state index contributed by atoms with van der Waals surface area (Å²) in [7, 11) is 3.24. The summed E-state index contributed by atoms with van der Waals surface area (Å²) < 4.78 is 1.55. The third-order valence-electron chi connectivity index (χ3n) is 4.07. The molecule has 2 heterocycles. The first-order valence-electron chi connectivity index (χ1n) is 7.19. The summed E-state index contributed by atoms with van der Waals surface area (Å²) >= 11 is 6.15. The van der Waals surface area contributed by atoms with Crippen molar-refractivity contribution in [3.8, 4) is 0 Å². The Morgan fingerprint density at radius 3 is 2.73 bits per heavy atom. The van der Waals surface area contributed by atoms with E-state index in [9.17, 15) is 14.7 Å². The number of β-amino-alcohol motifs (C(OH)–C–C–N with tert-alkyl or cyclic N) is 1. The summed E-state index contributed by atoms with van der Waals surface area (Å²) in [6.45, 7) is 2.40. The van der Waals surface area contributed by atoms with E-state index >= 15 is 0 Å². The van der Waals surface area contributed by atoms with Crippen LogP contribution in [0.25, 0.3) is 0 Å². The lowest BCUT2D eigenvalue weighted by Crippen LogP contribution is -2.52. The number of piperidine rings is 1. The van der Waals surface area contributed by atoms with E-state index < -0.39 is 5.60 Å². The van der Waals surface area contributed by atoms with Crippen molar-refractivity contribution in [3.63, 3.8) is 0 Å². The van der Waals surface area contributed by atoms with Gasteiger partial charge in [-0.2, -0.15) is 5.10 Å². The Kier molecular flexibility index (Phi) is 4.77. The summed E-state index contributed by atoms with van der Waals surface area (Å²) in [6, 6.07) is 0. The Balaban J connectivity index is 2.16. The van der Waals surface area contributed by atoms with E-state index in [0.29, 0.717) is 30.1 Å². The lowest BCUT2D eigenvalue weighted by atomic mass is 9.89. The Bertz CT molecular complexity index is 601. The zero-order valence-corrected chi connectivity index (χ0v) is 13.8. The molecule has 0 bridgehead atoms. The molecule has 7 nitrogen and oxygen atoms in total. The molecular formula is C14H21ClN4O3. The average molecular weight is 329 g/mol. The fourth-order valence-electron chi connectivity index (χ4n) is 2.69. The van der Waals surface area contributed by atoms with Crippen molar-refractivity contribution >= 4 is 23.4 Å². The van der Waals surface area contributed by atoms with Crippen molar-refractivity contribution < 1.29 is 14.7 Å². The number of nitrogens with zero attached hydrogens (tertiary/aromatic N) is 3. The number of aromatic nitrogens is 2. The molecule has 0 saturated carbocycles. The highest BCUT2D eigenvalue weighted by Gasteiger charge is 2.38. The standard InChI is InChI=1S/C14H21ClN4O3/c1-9-11(15)12(17-18(9)3)13(21)19-6-4-5-14(22,8-19)7-10(20)16-2/h22H,4-8H2,1-3H3,(H,16,20). The Labute approximate surface area is 134 Å². The second-order valence-electron chi connectivity index (χ2n) is 5.78. The zero-order chi connectivity index (χ0) is 16.5. The topological polar surface area (TPSA) is 87.5 Å². The molecule has 1 aliphatic heterocycles. The number of hydrogen-bond acceptors (Lipinski definition) is 4. The zero-order valence-electron chi connectivity index (χ0n) is 13.0. The average Bonchev–Trinajstić information content (AvgIpc) is 2.73. The second-order valence-corrected chi connectivity index (χ2v) is 6.15. The van der Waals surface area contributed by atoms with E-state index in [0.717, 1.165) is 0 Å². The van der Waals surface area contributed by atoms with Gasteiger partial charge < -0.3 is 15.3 Å². The lowest BCUT2D eigenvalue weighted by molar-refractivity contribution is -0.127. The number of hydrogen-bond donors (Lipinski definition) is 2. The van der Waals surface area contributed by atoms with Gasteiger partial charge in [0.1, 0.15) is 0 Å². The predicted molar refractivity (Wildman–Crippen MR) is 81.7 cm³/mol. The number of amides is 2. The van der Waals surface area contributed by atoms with E-state index in [2.05, 4.69) is 10.4 Å². The van der Waals surface area contributed by atoms with Crippen LogP contribution in [0.3, 0.4) is 0 Å². The second kappa shape index (κ2) is 6.26. The number of carbonyl (C=O) groups is 2. The summed E-state index contributed by atoms with van der Waals surface area (Å²) in [5, 5.41) is 17.5. The molecule has 122 valence electrons. The van der Waals surface area contributed by atoms with Gasteiger partial charge in [-0.15, -0.1) is 0 Å². The SMILES string of the molecule is CNC(=O)CC1(O)CCCN(C(=O)c2nn(C)c(C)c2Cl)C1. The van der Waals surface area contributed by atoms with Crippen LogP contribution in [0.5, 0.6) is 0 Å². The van der Waals surface area contributed by atoms with E-state index in [-0.39, 0.29) is 30.5 Å². The van der Waals surface area contributed by atoms with Crippen molar-refractivity contribution in [2.24, 2.45) is 7.05 Å². The van der Waals surface area contributed by atoms with Crippen molar-refractivity contribution in [1.82, 2.24) is 20.0 Å². The monoisotopic (exact) mass is 328 g/mol. The maximum Gasteiger partial charge on any atom is 0.276 e. The Hall–Kier alpha value is -1.60. The van der Waals surface area contributed by atoms with Crippen LogP contribution in [0, 0.1) is 6.92 Å². The third kappa shape index (κ3) is 3.25. The van der Waals surface area contributed by atoms with Crippen LogP contribution >= 0.6 is 11.6 Å². The number of carbonyl (C=O) groups excluding carboxylic acids is 2. The highest BCUT2D eigenvalue weighted by atomic mass is 35.5.